The summed E-state index contributed by atoms with van der Waals surface area (Å²) < 4.78 is 13.5. The van der Waals surface area contributed by atoms with Gasteiger partial charge in [0.2, 0.25) is 0 Å². The molecule has 0 fully saturated rings. The molecular weight excluding hydrogens is 1140 g/mol. The van der Waals surface area contributed by atoms with Crippen LogP contribution in [0.2, 0.25) is 0 Å². The SMILES string of the molecule is CCCCCCCCCc1ccc(-c2ccc(OCCCCCCOc3ccc(-c4ccc(CCCCCCCCC)cc4)cc3CN(Cc3ccccn3)Cc3ccccn3)c(CN(Cc3ccccn3)Cc3ccccn3)c2)cc1.[Zn+2].[Zn+2]. The number of hydrogen-bond acceptors (Lipinski definition) is 8. The van der Waals surface area contributed by atoms with E-state index in [0.717, 1.165) is 72.8 Å². The van der Waals surface area contributed by atoms with Crippen LogP contribution in [0.25, 0.3) is 22.3 Å². The normalized spacial score (nSPS) is 11.1. The first-order valence-corrected chi connectivity index (χ1v) is 31.3. The van der Waals surface area contributed by atoms with Crippen LogP contribution in [0.1, 0.15) is 174 Å². The van der Waals surface area contributed by atoms with Crippen LogP contribution < -0.4 is 9.47 Å². The third-order valence-electron chi connectivity index (χ3n) is 15.6. The van der Waals surface area contributed by atoms with E-state index in [-0.39, 0.29) is 39.0 Å². The van der Waals surface area contributed by atoms with Gasteiger partial charge in [0.05, 0.1) is 36.0 Å². The summed E-state index contributed by atoms with van der Waals surface area (Å²) >= 11 is 0. The Bertz CT molecular complexity index is 2680. The van der Waals surface area contributed by atoms with Gasteiger partial charge in [0.25, 0.3) is 0 Å². The molecule has 8 aromatic rings. The molecular formula is C74H92N6O2Zn2+4. The van der Waals surface area contributed by atoms with Gasteiger partial charge in [-0.1, -0.05) is 176 Å². The molecule has 0 N–H and O–H groups in total. The van der Waals surface area contributed by atoms with E-state index in [1.54, 1.807) is 0 Å². The van der Waals surface area contributed by atoms with E-state index in [2.05, 4.69) is 157 Å². The van der Waals surface area contributed by atoms with Crippen LogP contribution in [-0.4, -0.2) is 42.9 Å². The first-order chi connectivity index (χ1) is 40.6. The summed E-state index contributed by atoms with van der Waals surface area (Å²) in [5, 5.41) is 0. The molecule has 0 atom stereocenters. The topological polar surface area (TPSA) is 76.5 Å². The molecule has 8 nitrogen and oxygen atoms in total. The molecule has 0 amide bonds. The number of rotatable bonds is 39. The van der Waals surface area contributed by atoms with Crippen molar-refractivity contribution in [2.75, 3.05) is 13.2 Å². The Balaban J connectivity index is 0.00000566. The summed E-state index contributed by atoms with van der Waals surface area (Å²) in [5.41, 5.74) is 14.2. The maximum atomic E-state index is 6.74. The van der Waals surface area contributed by atoms with Crippen LogP contribution in [0, 0.1) is 0 Å². The minimum absolute atomic E-state index is 0. The number of benzene rings is 4. The van der Waals surface area contributed by atoms with Crippen LogP contribution in [0.5, 0.6) is 11.5 Å². The molecule has 0 radical (unpaired) electrons. The van der Waals surface area contributed by atoms with Crippen LogP contribution in [-0.2, 0) is 91.1 Å². The van der Waals surface area contributed by atoms with E-state index in [9.17, 15) is 0 Å². The predicted molar refractivity (Wildman–Crippen MR) is 339 cm³/mol. The molecule has 10 heteroatoms. The minimum Gasteiger partial charge on any atom is -0.493 e. The van der Waals surface area contributed by atoms with E-state index >= 15 is 0 Å². The third kappa shape index (κ3) is 24.3. The van der Waals surface area contributed by atoms with Crippen molar-refractivity contribution < 1.29 is 48.4 Å². The Morgan fingerprint density at radius 2 is 0.619 bits per heavy atom. The predicted octanol–water partition coefficient (Wildman–Crippen LogP) is 18.6. The molecule has 4 heterocycles. The Kier molecular flexibility index (Phi) is 31.9. The smallest absolute Gasteiger partial charge is 0.493 e. The second-order valence-electron chi connectivity index (χ2n) is 22.5. The molecule has 0 saturated heterocycles. The van der Waals surface area contributed by atoms with Crippen LogP contribution in [0.4, 0.5) is 0 Å². The van der Waals surface area contributed by atoms with Crippen molar-refractivity contribution in [2.45, 2.75) is 182 Å². The fourth-order valence-corrected chi connectivity index (χ4v) is 11.0. The summed E-state index contributed by atoms with van der Waals surface area (Å²) in [6, 6.07) is 56.6. The minimum atomic E-state index is 0. The van der Waals surface area contributed by atoms with Crippen molar-refractivity contribution in [3.05, 3.63) is 228 Å². The van der Waals surface area contributed by atoms with E-state index < -0.39 is 0 Å². The van der Waals surface area contributed by atoms with Crippen molar-refractivity contribution in [2.24, 2.45) is 0 Å². The summed E-state index contributed by atoms with van der Waals surface area (Å²) in [5.74, 6) is 1.87. The van der Waals surface area contributed by atoms with E-state index in [1.165, 1.54) is 134 Å². The maximum absolute atomic E-state index is 6.74. The van der Waals surface area contributed by atoms with Gasteiger partial charge < -0.3 is 9.47 Å². The standard InChI is InChI=1S/C74H92N6O2.2Zn/c1-3-5-7-9-11-13-17-29-61-35-39-63(40-36-61)65-43-45-73(67(53-65)55-79(57-69-31-19-23-47-75-69)58-70-32-20-24-48-76-70)81-51-27-15-16-28-52-82-74-46-44-66(64-41-37-62(38-42-64)30-18-14-12-10-8-6-4-2)54-68(74)56-80(59-71-33-21-25-49-77-71)60-72-34-22-26-50-78-72;;/h19-26,31-50,53-54H,3-18,27-30,51-52,55-60H2,1-2H3;;/q;2*+2. The summed E-state index contributed by atoms with van der Waals surface area (Å²) in [6.07, 6.45) is 32.4. The van der Waals surface area contributed by atoms with Gasteiger partial charge in [-0.2, -0.15) is 0 Å². The monoisotopic (exact) mass is 1220 g/mol. The molecule has 430 valence electrons. The number of aryl methyl sites for hydroxylation is 2. The van der Waals surface area contributed by atoms with Crippen molar-refractivity contribution in [3.63, 3.8) is 0 Å². The molecule has 0 spiro atoms. The van der Waals surface area contributed by atoms with Crippen molar-refractivity contribution >= 4 is 0 Å². The molecule has 0 bridgehead atoms. The molecule has 4 aromatic heterocycles. The zero-order chi connectivity index (χ0) is 56.5. The molecule has 0 aliphatic heterocycles. The number of nitrogens with zero attached hydrogens (tertiary/aromatic N) is 6. The van der Waals surface area contributed by atoms with Gasteiger partial charge in [-0.3, -0.25) is 29.7 Å². The summed E-state index contributed by atoms with van der Waals surface area (Å²) in [4.78, 5) is 23.7. The van der Waals surface area contributed by atoms with E-state index in [4.69, 9.17) is 29.4 Å². The van der Waals surface area contributed by atoms with Crippen LogP contribution in [0.15, 0.2) is 183 Å². The Hall–Kier alpha value is -5.75. The fraction of sp³-hybridized carbons (Fsp3) is 0.405. The van der Waals surface area contributed by atoms with Gasteiger partial charge in [0, 0.05) is 75.2 Å². The summed E-state index contributed by atoms with van der Waals surface area (Å²) in [7, 11) is 0. The summed E-state index contributed by atoms with van der Waals surface area (Å²) in [6.45, 7) is 10.1. The van der Waals surface area contributed by atoms with Gasteiger partial charge >= 0.3 is 39.0 Å². The first kappa shape index (κ1) is 67.4. The number of unbranched alkanes of at least 4 members (excludes halogenated alkanes) is 15. The third-order valence-corrected chi connectivity index (χ3v) is 15.6. The van der Waals surface area contributed by atoms with E-state index in [0.29, 0.717) is 52.5 Å². The molecule has 4 aromatic carbocycles. The molecule has 0 saturated carbocycles. The largest absolute Gasteiger partial charge is 2.00 e. The zero-order valence-corrected chi connectivity index (χ0v) is 57.0. The van der Waals surface area contributed by atoms with E-state index in [1.807, 2.05) is 49.1 Å². The van der Waals surface area contributed by atoms with Crippen molar-refractivity contribution in [3.8, 4) is 33.8 Å². The van der Waals surface area contributed by atoms with Gasteiger partial charge in [0.1, 0.15) is 11.5 Å². The molecule has 0 aliphatic rings. The molecule has 0 aliphatic carbocycles. The Morgan fingerprint density at radius 3 is 0.940 bits per heavy atom. The second kappa shape index (κ2) is 39.8. The number of aromatic nitrogens is 4. The number of pyridine rings is 4. The Morgan fingerprint density at radius 1 is 0.310 bits per heavy atom. The van der Waals surface area contributed by atoms with Crippen molar-refractivity contribution in [1.29, 1.82) is 0 Å². The van der Waals surface area contributed by atoms with Gasteiger partial charge in [-0.25, -0.2) is 0 Å². The quantitative estimate of drug-likeness (QED) is 0.0279. The molecule has 84 heavy (non-hydrogen) atoms. The van der Waals surface area contributed by atoms with Gasteiger partial charge in [0.15, 0.2) is 0 Å². The average Bonchev–Trinajstić information content (AvgIpc) is 3.71. The number of hydrogen-bond donors (Lipinski definition) is 0. The zero-order valence-electron chi connectivity index (χ0n) is 51.0. The Labute approximate surface area is 530 Å². The number of ether oxygens (including phenoxy) is 2. The molecule has 0 unspecified atom stereocenters. The van der Waals surface area contributed by atoms with Crippen LogP contribution in [0.3, 0.4) is 0 Å². The maximum Gasteiger partial charge on any atom is 2.00 e. The molecule has 8 rings (SSSR count). The fourth-order valence-electron chi connectivity index (χ4n) is 11.0. The first-order valence-electron chi connectivity index (χ1n) is 31.3. The second-order valence-corrected chi connectivity index (χ2v) is 22.5. The average molecular weight is 1230 g/mol. The van der Waals surface area contributed by atoms with Crippen molar-refractivity contribution in [1.82, 2.24) is 29.7 Å². The van der Waals surface area contributed by atoms with Gasteiger partial charge in [-0.05, 0) is 158 Å². The van der Waals surface area contributed by atoms with Crippen LogP contribution >= 0.6 is 0 Å². The van der Waals surface area contributed by atoms with Gasteiger partial charge in [-0.15, -0.1) is 0 Å².